The van der Waals surface area contributed by atoms with Crippen LogP contribution >= 0.6 is 11.6 Å². The number of alkyl halides is 2. The second kappa shape index (κ2) is 3.87. The smallest absolute Gasteiger partial charge is 0.338 e. The molecule has 0 fully saturated rings. The Bertz CT molecular complexity index is 66.0. The Morgan fingerprint density at radius 1 is 1.86 bits per heavy atom. The van der Waals surface area contributed by atoms with E-state index in [-0.39, 0.29) is 6.07 Å². The average Bonchev–Trinajstić information content (AvgIpc) is 1.68. The number of hydrogen-bond donors (Lipinski definition) is 0. The Hall–Kier alpha value is -0.310. The molecule has 0 aromatic carbocycles. The zero-order valence-corrected chi connectivity index (χ0v) is 4.24. The Kier molecular flexibility index (Phi) is 3.69. The van der Waals surface area contributed by atoms with Gasteiger partial charge < -0.3 is 4.74 Å². The van der Waals surface area contributed by atoms with Gasteiger partial charge in [0.25, 0.3) is 0 Å². The van der Waals surface area contributed by atoms with Gasteiger partial charge in [-0.15, -0.1) is 0 Å². The molecule has 2 nitrogen and oxygen atoms in total. The topological polar surface area (TPSA) is 26.3 Å². The fourth-order valence-corrected chi connectivity index (χ4v) is 0.221. The molecule has 0 atom stereocenters. The number of carbonyl (C=O) groups is 1. The van der Waals surface area contributed by atoms with Crippen molar-refractivity contribution in [2.24, 2.45) is 0 Å². The largest absolute Gasteiger partial charge is 0.447 e. The Morgan fingerprint density at radius 3 is 2.57 bits per heavy atom. The molecule has 4 heteroatoms. The highest BCUT2D eigenvalue weighted by molar-refractivity contribution is 6.17. The summed E-state index contributed by atoms with van der Waals surface area (Å²) in [5.74, 6) is -0.921. The van der Waals surface area contributed by atoms with Gasteiger partial charge in [-0.2, -0.15) is 0 Å². The lowest BCUT2D eigenvalue weighted by atomic mass is 10.8. The first-order valence-corrected chi connectivity index (χ1v) is 2.12. The lowest BCUT2D eigenvalue weighted by Gasteiger charge is -1.90. The summed E-state index contributed by atoms with van der Waals surface area (Å²) in [5.41, 5.74) is 0. The quantitative estimate of drug-likeness (QED) is 0.402. The standard InChI is InChI=1S/C3H4ClFO2/c4-2-7-3(6)1-5/h1-2H2. The van der Waals surface area contributed by atoms with Crippen molar-refractivity contribution in [2.75, 3.05) is 12.7 Å². The van der Waals surface area contributed by atoms with Gasteiger partial charge in [-0.3, -0.25) is 0 Å². The zero-order chi connectivity index (χ0) is 5.70. The van der Waals surface area contributed by atoms with Gasteiger partial charge in [0, 0.05) is 0 Å². The molecule has 0 bridgehead atoms. The van der Waals surface area contributed by atoms with Gasteiger partial charge in [0.1, 0.15) is 0 Å². The highest BCUT2D eigenvalue weighted by Gasteiger charge is 1.95. The van der Waals surface area contributed by atoms with Gasteiger partial charge in [-0.05, 0) is 0 Å². The molecule has 0 heterocycles. The molecule has 0 aromatic heterocycles. The van der Waals surface area contributed by atoms with Crippen molar-refractivity contribution in [2.45, 2.75) is 0 Å². The van der Waals surface area contributed by atoms with Crippen LogP contribution < -0.4 is 0 Å². The van der Waals surface area contributed by atoms with Crippen molar-refractivity contribution in [3.8, 4) is 0 Å². The molecule has 0 aliphatic heterocycles. The van der Waals surface area contributed by atoms with E-state index in [0.29, 0.717) is 0 Å². The third kappa shape index (κ3) is 3.52. The molecule has 0 rings (SSSR count). The summed E-state index contributed by atoms with van der Waals surface area (Å²) in [6.45, 7) is -1.10. The molecular weight excluding hydrogens is 122 g/mol. The maximum atomic E-state index is 11.0. The third-order valence-electron chi connectivity index (χ3n) is 0.325. The summed E-state index contributed by atoms with van der Waals surface area (Å²) in [4.78, 5) is 9.73. The summed E-state index contributed by atoms with van der Waals surface area (Å²) in [5, 5.41) is 0. The van der Waals surface area contributed by atoms with Gasteiger partial charge in [-0.1, -0.05) is 11.6 Å². The van der Waals surface area contributed by atoms with Crippen molar-refractivity contribution >= 4 is 17.6 Å². The van der Waals surface area contributed by atoms with Crippen molar-refractivity contribution in [1.29, 1.82) is 0 Å². The zero-order valence-electron chi connectivity index (χ0n) is 3.49. The van der Waals surface area contributed by atoms with E-state index >= 15 is 0 Å². The van der Waals surface area contributed by atoms with E-state index in [1.54, 1.807) is 0 Å². The van der Waals surface area contributed by atoms with Crippen LogP contribution in [0.1, 0.15) is 0 Å². The maximum Gasteiger partial charge on any atom is 0.338 e. The molecule has 0 unspecified atom stereocenters. The molecule has 42 valence electrons. The first-order valence-electron chi connectivity index (χ1n) is 1.58. The van der Waals surface area contributed by atoms with Crippen LogP contribution in [0.3, 0.4) is 0 Å². The van der Waals surface area contributed by atoms with Gasteiger partial charge in [0.2, 0.25) is 0 Å². The molecule has 0 aromatic rings. The summed E-state index contributed by atoms with van der Waals surface area (Å²) in [6, 6.07) is -0.275. The van der Waals surface area contributed by atoms with Crippen LogP contribution in [0, 0.1) is 0 Å². The summed E-state index contributed by atoms with van der Waals surface area (Å²) in [6.07, 6.45) is 0. The minimum absolute atomic E-state index is 0.275. The van der Waals surface area contributed by atoms with Crippen LogP contribution in [-0.4, -0.2) is 18.7 Å². The third-order valence-corrected chi connectivity index (χ3v) is 0.434. The molecule has 0 aliphatic carbocycles. The van der Waals surface area contributed by atoms with Gasteiger partial charge in [0.15, 0.2) is 12.7 Å². The van der Waals surface area contributed by atoms with Crippen molar-refractivity contribution in [1.82, 2.24) is 0 Å². The molecule has 0 saturated carbocycles. The summed E-state index contributed by atoms with van der Waals surface area (Å²) >= 11 is 4.87. The number of rotatable bonds is 2. The van der Waals surface area contributed by atoms with E-state index in [1.807, 2.05) is 0 Å². The number of ether oxygens (including phenoxy) is 1. The van der Waals surface area contributed by atoms with Crippen LogP contribution in [0.25, 0.3) is 0 Å². The monoisotopic (exact) mass is 126 g/mol. The molecule has 0 spiro atoms. The minimum Gasteiger partial charge on any atom is -0.447 e. The first-order chi connectivity index (χ1) is 3.31. The van der Waals surface area contributed by atoms with Gasteiger partial charge >= 0.3 is 5.97 Å². The Balaban J connectivity index is 3.00. The maximum absolute atomic E-state index is 11.0. The average molecular weight is 127 g/mol. The Morgan fingerprint density at radius 2 is 2.43 bits per heavy atom. The highest BCUT2D eigenvalue weighted by Crippen LogP contribution is 1.80. The molecular formula is C3H4ClFO2. The normalized spacial score (nSPS) is 8.29. The molecule has 0 amide bonds. The predicted octanol–water partition coefficient (Wildman–Crippen LogP) is 0.695. The van der Waals surface area contributed by atoms with Crippen LogP contribution in [0.4, 0.5) is 4.39 Å². The first kappa shape index (κ1) is 6.69. The van der Waals surface area contributed by atoms with E-state index in [4.69, 9.17) is 11.6 Å². The minimum atomic E-state index is -1.10. The van der Waals surface area contributed by atoms with Gasteiger partial charge in [-0.25, -0.2) is 9.18 Å². The van der Waals surface area contributed by atoms with Gasteiger partial charge in [0.05, 0.1) is 0 Å². The SMILES string of the molecule is O=C(CF)OCCl. The lowest BCUT2D eigenvalue weighted by Crippen LogP contribution is -2.03. The second-order valence-corrected chi connectivity index (χ2v) is 0.977. The number of carbonyl (C=O) groups excluding carboxylic acids is 1. The molecule has 0 radical (unpaired) electrons. The van der Waals surface area contributed by atoms with E-state index in [2.05, 4.69) is 4.74 Å². The fraction of sp³-hybridized carbons (Fsp3) is 0.667. The van der Waals surface area contributed by atoms with Crippen LogP contribution in [0.2, 0.25) is 0 Å². The van der Waals surface area contributed by atoms with Crippen molar-refractivity contribution in [3.63, 3.8) is 0 Å². The van der Waals surface area contributed by atoms with Crippen LogP contribution in [0.15, 0.2) is 0 Å². The summed E-state index contributed by atoms with van der Waals surface area (Å²) in [7, 11) is 0. The highest BCUT2D eigenvalue weighted by atomic mass is 35.5. The van der Waals surface area contributed by atoms with Crippen LogP contribution in [0.5, 0.6) is 0 Å². The number of hydrogen-bond acceptors (Lipinski definition) is 2. The van der Waals surface area contributed by atoms with E-state index in [9.17, 15) is 9.18 Å². The van der Waals surface area contributed by atoms with E-state index in [1.165, 1.54) is 0 Å². The fourth-order valence-electron chi connectivity index (χ4n) is 0.0994. The van der Waals surface area contributed by atoms with E-state index < -0.39 is 12.6 Å². The number of esters is 1. The predicted molar refractivity (Wildman–Crippen MR) is 22.8 cm³/mol. The molecule has 7 heavy (non-hydrogen) atoms. The lowest BCUT2D eigenvalue weighted by molar-refractivity contribution is -0.142. The summed E-state index contributed by atoms with van der Waals surface area (Å²) < 4.78 is 15.0. The molecule has 0 N–H and O–H groups in total. The van der Waals surface area contributed by atoms with Crippen molar-refractivity contribution in [3.05, 3.63) is 0 Å². The Labute approximate surface area is 45.2 Å². The molecule has 0 saturated heterocycles. The molecule has 0 aliphatic rings. The van der Waals surface area contributed by atoms with Crippen molar-refractivity contribution < 1.29 is 13.9 Å². The van der Waals surface area contributed by atoms with Crippen LogP contribution in [-0.2, 0) is 9.53 Å². The van der Waals surface area contributed by atoms with E-state index in [0.717, 1.165) is 0 Å². The number of halogens is 2. The second-order valence-electron chi connectivity index (χ2n) is 0.759.